The van der Waals surface area contributed by atoms with Gasteiger partial charge in [0, 0.05) is 6.54 Å². The van der Waals surface area contributed by atoms with Crippen LogP contribution < -0.4 is 0 Å². The lowest BCUT2D eigenvalue weighted by Gasteiger charge is -2.29. The Labute approximate surface area is 103 Å². The fourth-order valence-electron chi connectivity index (χ4n) is 3.69. The first-order valence-corrected chi connectivity index (χ1v) is 7.34. The molecule has 0 heterocycles. The normalized spacial score (nSPS) is 24.2. The summed E-state index contributed by atoms with van der Waals surface area (Å²) < 4.78 is 0. The fraction of sp³-hybridized carbons (Fsp3) is 1.00. The van der Waals surface area contributed by atoms with Crippen LogP contribution in [0, 0.1) is 11.3 Å². The molecule has 1 fully saturated rings. The highest BCUT2D eigenvalue weighted by molar-refractivity contribution is 4.89. The predicted molar refractivity (Wildman–Crippen MR) is 72.8 cm³/mol. The molecule has 1 heteroatoms. The van der Waals surface area contributed by atoms with Crippen molar-refractivity contribution in [3.8, 4) is 0 Å². The number of rotatable bonds is 7. The molecule has 0 aromatic carbocycles. The molecule has 1 atom stereocenters. The Morgan fingerprint density at radius 2 is 1.75 bits per heavy atom. The van der Waals surface area contributed by atoms with Crippen molar-refractivity contribution in [3.63, 3.8) is 0 Å². The van der Waals surface area contributed by atoms with E-state index in [1.807, 2.05) is 0 Å². The molecular formula is C15H31N. The second-order valence-electron chi connectivity index (χ2n) is 5.96. The van der Waals surface area contributed by atoms with Gasteiger partial charge in [0.05, 0.1) is 0 Å². The first-order chi connectivity index (χ1) is 7.65. The zero-order valence-corrected chi connectivity index (χ0v) is 11.9. The Morgan fingerprint density at radius 3 is 2.25 bits per heavy atom. The van der Waals surface area contributed by atoms with Crippen molar-refractivity contribution in [2.75, 3.05) is 20.1 Å². The quantitative estimate of drug-likeness (QED) is 0.623. The van der Waals surface area contributed by atoms with E-state index in [4.69, 9.17) is 0 Å². The van der Waals surface area contributed by atoms with Gasteiger partial charge in [-0.05, 0) is 57.0 Å². The van der Waals surface area contributed by atoms with Gasteiger partial charge in [0.2, 0.25) is 0 Å². The van der Waals surface area contributed by atoms with Gasteiger partial charge in [0.1, 0.15) is 0 Å². The standard InChI is InChI=1S/C15H31N/c1-5-9-15(10-6-2)11-8-14(12-15)13-16(4)7-3/h14H,5-13H2,1-4H3. The Hall–Kier alpha value is -0.0400. The maximum atomic E-state index is 2.48. The van der Waals surface area contributed by atoms with Crippen molar-refractivity contribution >= 4 is 0 Å². The van der Waals surface area contributed by atoms with Crippen molar-refractivity contribution in [2.45, 2.75) is 65.7 Å². The third-order valence-electron chi connectivity index (χ3n) is 4.47. The molecular weight excluding hydrogens is 194 g/mol. The molecule has 0 amide bonds. The summed E-state index contributed by atoms with van der Waals surface area (Å²) in [5, 5.41) is 0. The van der Waals surface area contributed by atoms with Crippen LogP contribution in [0.15, 0.2) is 0 Å². The van der Waals surface area contributed by atoms with Crippen molar-refractivity contribution in [2.24, 2.45) is 11.3 Å². The third kappa shape index (κ3) is 3.76. The summed E-state index contributed by atoms with van der Waals surface area (Å²) >= 11 is 0. The molecule has 0 bridgehead atoms. The summed E-state index contributed by atoms with van der Waals surface area (Å²) in [6, 6.07) is 0. The van der Waals surface area contributed by atoms with Gasteiger partial charge < -0.3 is 4.90 Å². The Morgan fingerprint density at radius 1 is 1.12 bits per heavy atom. The lowest BCUT2D eigenvalue weighted by Crippen LogP contribution is -2.25. The fourth-order valence-corrected chi connectivity index (χ4v) is 3.69. The van der Waals surface area contributed by atoms with Gasteiger partial charge >= 0.3 is 0 Å². The van der Waals surface area contributed by atoms with Crippen LogP contribution in [0.4, 0.5) is 0 Å². The Bertz CT molecular complexity index is 182. The van der Waals surface area contributed by atoms with Crippen LogP contribution >= 0.6 is 0 Å². The molecule has 0 aromatic heterocycles. The van der Waals surface area contributed by atoms with Gasteiger partial charge in [-0.25, -0.2) is 0 Å². The van der Waals surface area contributed by atoms with E-state index in [0.29, 0.717) is 0 Å². The summed E-state index contributed by atoms with van der Waals surface area (Å²) in [5.74, 6) is 0.975. The first kappa shape index (κ1) is 14.0. The lowest BCUT2D eigenvalue weighted by atomic mass is 9.77. The topological polar surface area (TPSA) is 3.24 Å². The monoisotopic (exact) mass is 225 g/mol. The third-order valence-corrected chi connectivity index (χ3v) is 4.47. The minimum atomic E-state index is 0.725. The molecule has 1 aliphatic carbocycles. The number of nitrogens with zero attached hydrogens (tertiary/aromatic N) is 1. The lowest BCUT2D eigenvalue weighted by molar-refractivity contribution is 0.216. The van der Waals surface area contributed by atoms with E-state index in [0.717, 1.165) is 11.3 Å². The highest BCUT2D eigenvalue weighted by Gasteiger charge is 2.37. The van der Waals surface area contributed by atoms with Crippen LogP contribution in [0.1, 0.15) is 65.7 Å². The zero-order valence-electron chi connectivity index (χ0n) is 11.9. The van der Waals surface area contributed by atoms with Crippen LogP contribution in [0.2, 0.25) is 0 Å². The molecule has 1 rings (SSSR count). The zero-order chi connectivity index (χ0) is 12.0. The molecule has 96 valence electrons. The van der Waals surface area contributed by atoms with Crippen LogP contribution in [-0.4, -0.2) is 25.0 Å². The molecule has 1 saturated carbocycles. The van der Waals surface area contributed by atoms with Crippen LogP contribution in [0.25, 0.3) is 0 Å². The molecule has 1 nitrogen and oxygen atoms in total. The largest absolute Gasteiger partial charge is 0.306 e. The number of hydrogen-bond donors (Lipinski definition) is 0. The van der Waals surface area contributed by atoms with Gasteiger partial charge in [0.15, 0.2) is 0 Å². The van der Waals surface area contributed by atoms with Crippen molar-refractivity contribution in [1.82, 2.24) is 4.90 Å². The van der Waals surface area contributed by atoms with E-state index in [9.17, 15) is 0 Å². The van der Waals surface area contributed by atoms with E-state index in [1.54, 1.807) is 0 Å². The average molecular weight is 225 g/mol. The van der Waals surface area contributed by atoms with Crippen LogP contribution in [0.3, 0.4) is 0 Å². The molecule has 16 heavy (non-hydrogen) atoms. The highest BCUT2D eigenvalue weighted by atomic mass is 15.1. The molecule has 1 unspecified atom stereocenters. The predicted octanol–water partition coefficient (Wildman–Crippen LogP) is 4.32. The second-order valence-corrected chi connectivity index (χ2v) is 5.96. The van der Waals surface area contributed by atoms with E-state index >= 15 is 0 Å². The van der Waals surface area contributed by atoms with E-state index in [2.05, 4.69) is 32.7 Å². The number of hydrogen-bond acceptors (Lipinski definition) is 1. The van der Waals surface area contributed by atoms with E-state index in [1.165, 1.54) is 58.0 Å². The van der Waals surface area contributed by atoms with Gasteiger partial charge in [-0.15, -0.1) is 0 Å². The summed E-state index contributed by atoms with van der Waals surface area (Å²) in [4.78, 5) is 2.48. The molecule has 1 aliphatic rings. The van der Waals surface area contributed by atoms with E-state index < -0.39 is 0 Å². The summed E-state index contributed by atoms with van der Waals surface area (Å²) in [5.41, 5.74) is 0.725. The highest BCUT2D eigenvalue weighted by Crippen LogP contribution is 2.48. The maximum Gasteiger partial charge on any atom is 0.000670 e. The van der Waals surface area contributed by atoms with Gasteiger partial charge in [-0.3, -0.25) is 0 Å². The minimum Gasteiger partial charge on any atom is -0.306 e. The molecule has 0 radical (unpaired) electrons. The molecule has 0 aliphatic heterocycles. The molecule has 0 aromatic rings. The van der Waals surface area contributed by atoms with Crippen molar-refractivity contribution < 1.29 is 0 Å². The summed E-state index contributed by atoms with van der Waals surface area (Å²) in [6.07, 6.45) is 10.1. The van der Waals surface area contributed by atoms with Crippen molar-refractivity contribution in [3.05, 3.63) is 0 Å². The first-order valence-electron chi connectivity index (χ1n) is 7.34. The SMILES string of the molecule is CCCC1(CCC)CCC(CN(C)CC)C1. The second kappa shape index (κ2) is 6.64. The van der Waals surface area contributed by atoms with Gasteiger partial charge in [-0.1, -0.05) is 33.6 Å². The summed E-state index contributed by atoms with van der Waals surface area (Å²) in [6.45, 7) is 9.49. The van der Waals surface area contributed by atoms with E-state index in [-0.39, 0.29) is 0 Å². The van der Waals surface area contributed by atoms with Gasteiger partial charge in [-0.2, -0.15) is 0 Å². The van der Waals surface area contributed by atoms with Crippen LogP contribution in [-0.2, 0) is 0 Å². The Kier molecular flexibility index (Phi) is 5.82. The van der Waals surface area contributed by atoms with Crippen molar-refractivity contribution in [1.29, 1.82) is 0 Å². The van der Waals surface area contributed by atoms with Gasteiger partial charge in [0.25, 0.3) is 0 Å². The Balaban J connectivity index is 2.45. The molecule has 0 N–H and O–H groups in total. The maximum absolute atomic E-state index is 2.48. The minimum absolute atomic E-state index is 0.725. The van der Waals surface area contributed by atoms with Crippen LogP contribution in [0.5, 0.6) is 0 Å². The smallest absolute Gasteiger partial charge is 0.000670 e. The average Bonchev–Trinajstić information content (AvgIpc) is 2.62. The molecule has 0 saturated heterocycles. The summed E-state index contributed by atoms with van der Waals surface area (Å²) in [7, 11) is 2.26. The molecule has 0 spiro atoms.